The molecule has 0 bridgehead atoms. The maximum atomic E-state index is 12.0. The Morgan fingerprint density at radius 3 is 2.73 bits per heavy atom. The number of carbonyl (C=O) groups is 1. The second kappa shape index (κ2) is 8.39. The van der Waals surface area contributed by atoms with Crippen LogP contribution in [0.2, 0.25) is 5.02 Å². The van der Waals surface area contributed by atoms with E-state index >= 15 is 0 Å². The summed E-state index contributed by atoms with van der Waals surface area (Å²) in [4.78, 5) is 22.1. The number of nitrogens with one attached hydrogen (secondary N) is 1. The van der Waals surface area contributed by atoms with Gasteiger partial charge in [0, 0.05) is 29.7 Å². The molecular weight excluding hydrogens is 324 g/mol. The lowest BCUT2D eigenvalue weighted by atomic mass is 10.0. The van der Waals surface area contributed by atoms with E-state index in [0.717, 1.165) is 5.75 Å². The van der Waals surface area contributed by atoms with Crippen LogP contribution >= 0.6 is 23.4 Å². The fourth-order valence-electron chi connectivity index (χ4n) is 2.52. The van der Waals surface area contributed by atoms with E-state index in [-0.39, 0.29) is 22.2 Å². The fraction of sp³-hybridized carbons (Fsp3) is 0.533. The summed E-state index contributed by atoms with van der Waals surface area (Å²) in [5.74, 6) is 0.588. The van der Waals surface area contributed by atoms with E-state index < -0.39 is 4.92 Å². The van der Waals surface area contributed by atoms with Gasteiger partial charge in [0.1, 0.15) is 0 Å². The van der Waals surface area contributed by atoms with Crippen molar-refractivity contribution in [2.75, 3.05) is 12.3 Å². The van der Waals surface area contributed by atoms with Gasteiger partial charge >= 0.3 is 0 Å². The minimum atomic E-state index is -0.533. The third-order valence-electron chi connectivity index (χ3n) is 3.70. The van der Waals surface area contributed by atoms with E-state index in [1.54, 1.807) is 0 Å². The van der Waals surface area contributed by atoms with E-state index in [1.807, 2.05) is 11.8 Å². The van der Waals surface area contributed by atoms with Gasteiger partial charge in [0.2, 0.25) is 0 Å². The molecule has 22 heavy (non-hydrogen) atoms. The molecule has 0 spiro atoms. The molecule has 0 atom stereocenters. The predicted octanol–water partition coefficient (Wildman–Crippen LogP) is 4.04. The lowest BCUT2D eigenvalue weighted by molar-refractivity contribution is -0.384. The third kappa shape index (κ3) is 4.88. The Labute approximate surface area is 139 Å². The Kier molecular flexibility index (Phi) is 6.51. The number of hydrogen-bond donors (Lipinski definition) is 1. The van der Waals surface area contributed by atoms with Crippen molar-refractivity contribution in [3.63, 3.8) is 0 Å². The number of nitrogens with zero attached hydrogens (tertiary/aromatic N) is 1. The van der Waals surface area contributed by atoms with Gasteiger partial charge in [-0.2, -0.15) is 11.8 Å². The Morgan fingerprint density at radius 2 is 2.09 bits per heavy atom. The molecule has 1 N–H and O–H groups in total. The number of nitro groups is 1. The maximum absolute atomic E-state index is 12.0. The SMILES string of the molecule is O=C(NCCSC1CCCCC1)c1ccc([N+](=O)[O-])cc1Cl. The first-order valence-electron chi connectivity index (χ1n) is 7.41. The minimum absolute atomic E-state index is 0.103. The Balaban J connectivity index is 1.78. The summed E-state index contributed by atoms with van der Waals surface area (Å²) in [6.07, 6.45) is 6.50. The van der Waals surface area contributed by atoms with Gasteiger partial charge in [-0.25, -0.2) is 0 Å². The fourth-order valence-corrected chi connectivity index (χ4v) is 4.00. The van der Waals surface area contributed by atoms with E-state index in [2.05, 4.69) is 5.32 Å². The number of hydrogen-bond acceptors (Lipinski definition) is 4. The van der Waals surface area contributed by atoms with Gasteiger partial charge in [0.05, 0.1) is 15.5 Å². The van der Waals surface area contributed by atoms with E-state index in [9.17, 15) is 14.9 Å². The zero-order valence-electron chi connectivity index (χ0n) is 12.2. The van der Waals surface area contributed by atoms with Crippen LogP contribution in [-0.4, -0.2) is 28.4 Å². The highest BCUT2D eigenvalue weighted by Gasteiger charge is 2.16. The average Bonchev–Trinajstić information content (AvgIpc) is 2.52. The molecule has 7 heteroatoms. The molecule has 0 heterocycles. The molecule has 1 aromatic carbocycles. The first-order chi connectivity index (χ1) is 10.6. The third-order valence-corrected chi connectivity index (χ3v) is 5.40. The van der Waals surface area contributed by atoms with Crippen LogP contribution in [0.1, 0.15) is 42.5 Å². The van der Waals surface area contributed by atoms with Crippen LogP contribution in [0.5, 0.6) is 0 Å². The van der Waals surface area contributed by atoms with Gasteiger partial charge in [-0.05, 0) is 18.9 Å². The molecule has 2 rings (SSSR count). The highest BCUT2D eigenvalue weighted by molar-refractivity contribution is 7.99. The molecule has 0 radical (unpaired) electrons. The first-order valence-corrected chi connectivity index (χ1v) is 8.84. The second-order valence-electron chi connectivity index (χ2n) is 5.31. The summed E-state index contributed by atoms with van der Waals surface area (Å²) in [5, 5.41) is 14.3. The highest BCUT2D eigenvalue weighted by Crippen LogP contribution is 2.27. The molecule has 1 aliphatic carbocycles. The summed E-state index contributed by atoms with van der Waals surface area (Å²) < 4.78 is 0. The van der Waals surface area contributed by atoms with E-state index in [1.165, 1.54) is 50.3 Å². The summed E-state index contributed by atoms with van der Waals surface area (Å²) in [5.41, 5.74) is 0.157. The van der Waals surface area contributed by atoms with Crippen LogP contribution < -0.4 is 5.32 Å². The molecule has 0 unspecified atom stereocenters. The number of non-ortho nitro benzene ring substituents is 1. The minimum Gasteiger partial charge on any atom is -0.351 e. The lowest BCUT2D eigenvalue weighted by Gasteiger charge is -2.20. The lowest BCUT2D eigenvalue weighted by Crippen LogP contribution is -2.26. The standard InChI is InChI=1S/C15H19ClN2O3S/c16-14-10-11(18(20)21)6-7-13(14)15(19)17-8-9-22-12-4-2-1-3-5-12/h6-7,10,12H,1-5,8-9H2,(H,17,19). The van der Waals surface area contributed by atoms with Crippen LogP contribution in [0.3, 0.4) is 0 Å². The molecule has 1 amide bonds. The summed E-state index contributed by atoms with van der Waals surface area (Å²) >= 11 is 7.84. The van der Waals surface area contributed by atoms with Crippen molar-refractivity contribution in [3.05, 3.63) is 38.9 Å². The van der Waals surface area contributed by atoms with Crippen molar-refractivity contribution in [3.8, 4) is 0 Å². The maximum Gasteiger partial charge on any atom is 0.270 e. The highest BCUT2D eigenvalue weighted by atomic mass is 35.5. The molecule has 1 aliphatic rings. The monoisotopic (exact) mass is 342 g/mol. The normalized spacial score (nSPS) is 15.5. The number of amides is 1. The Morgan fingerprint density at radius 1 is 1.36 bits per heavy atom. The van der Waals surface area contributed by atoms with Crippen LogP contribution in [0.25, 0.3) is 0 Å². The van der Waals surface area contributed by atoms with Crippen LogP contribution in [0, 0.1) is 10.1 Å². The van der Waals surface area contributed by atoms with Gasteiger partial charge in [-0.15, -0.1) is 0 Å². The van der Waals surface area contributed by atoms with Crippen LogP contribution in [0.15, 0.2) is 18.2 Å². The Hall–Kier alpha value is -1.27. The molecule has 120 valence electrons. The first kappa shape index (κ1) is 17.1. The molecule has 0 aliphatic heterocycles. The topological polar surface area (TPSA) is 72.2 Å². The molecule has 1 fully saturated rings. The van der Waals surface area contributed by atoms with Gasteiger partial charge in [0.15, 0.2) is 0 Å². The van der Waals surface area contributed by atoms with Crippen molar-refractivity contribution >= 4 is 35.0 Å². The van der Waals surface area contributed by atoms with Crippen molar-refractivity contribution in [2.45, 2.75) is 37.4 Å². The molecular formula is C15H19ClN2O3S. The molecule has 0 saturated heterocycles. The number of carbonyl (C=O) groups excluding carboxylic acids is 1. The van der Waals surface area contributed by atoms with Gasteiger partial charge in [-0.1, -0.05) is 30.9 Å². The number of thioether (sulfide) groups is 1. The zero-order chi connectivity index (χ0) is 15.9. The van der Waals surface area contributed by atoms with E-state index in [0.29, 0.717) is 11.8 Å². The quantitative estimate of drug-likeness (QED) is 0.481. The van der Waals surface area contributed by atoms with Crippen molar-refractivity contribution in [1.29, 1.82) is 0 Å². The molecule has 1 saturated carbocycles. The van der Waals surface area contributed by atoms with Crippen molar-refractivity contribution in [2.24, 2.45) is 0 Å². The van der Waals surface area contributed by atoms with Gasteiger partial charge < -0.3 is 5.32 Å². The van der Waals surface area contributed by atoms with Crippen LogP contribution in [-0.2, 0) is 0 Å². The smallest absolute Gasteiger partial charge is 0.270 e. The van der Waals surface area contributed by atoms with Gasteiger partial charge in [0.25, 0.3) is 11.6 Å². The second-order valence-corrected chi connectivity index (χ2v) is 7.12. The van der Waals surface area contributed by atoms with Crippen molar-refractivity contribution < 1.29 is 9.72 Å². The largest absolute Gasteiger partial charge is 0.351 e. The zero-order valence-corrected chi connectivity index (χ0v) is 13.8. The molecule has 0 aromatic heterocycles. The number of rotatable bonds is 6. The van der Waals surface area contributed by atoms with Crippen molar-refractivity contribution in [1.82, 2.24) is 5.32 Å². The predicted molar refractivity (Wildman–Crippen MR) is 89.8 cm³/mol. The molecule has 5 nitrogen and oxygen atoms in total. The summed E-state index contributed by atoms with van der Waals surface area (Å²) in [6.45, 7) is 0.577. The Bertz CT molecular complexity index is 548. The number of halogens is 1. The number of nitro benzene ring substituents is 1. The molecule has 1 aromatic rings. The van der Waals surface area contributed by atoms with E-state index in [4.69, 9.17) is 11.6 Å². The average molecular weight is 343 g/mol. The van der Waals surface area contributed by atoms with Crippen LogP contribution in [0.4, 0.5) is 5.69 Å². The summed E-state index contributed by atoms with van der Waals surface area (Å²) in [7, 11) is 0. The number of benzene rings is 1. The summed E-state index contributed by atoms with van der Waals surface area (Å²) in [6, 6.07) is 3.88. The van der Waals surface area contributed by atoms with Gasteiger partial charge in [-0.3, -0.25) is 14.9 Å².